The number of hydrogen-bond donors (Lipinski definition) is 0. The van der Waals surface area contributed by atoms with Gasteiger partial charge in [-0.25, -0.2) is 0 Å². The van der Waals surface area contributed by atoms with Crippen LogP contribution in [0.2, 0.25) is 0 Å². The lowest BCUT2D eigenvalue weighted by atomic mass is 10.0. The number of carbonyl (C=O) groups is 1. The largest absolute Gasteiger partial charge is 0.492 e. The fourth-order valence-corrected chi connectivity index (χ4v) is 1.99. The van der Waals surface area contributed by atoms with E-state index >= 15 is 0 Å². The van der Waals surface area contributed by atoms with Crippen LogP contribution in [0.25, 0.3) is 0 Å². The maximum Gasteiger partial charge on any atom is 0.225 e. The molecule has 0 unspecified atom stereocenters. The van der Waals surface area contributed by atoms with Crippen LogP contribution in [-0.2, 0) is 4.79 Å². The first-order valence-corrected chi connectivity index (χ1v) is 7.02. The number of nitrogens with zero attached hydrogens (tertiary/aromatic N) is 1. The smallest absolute Gasteiger partial charge is 0.225 e. The summed E-state index contributed by atoms with van der Waals surface area (Å²) in [5.41, 5.74) is 1.22. The van der Waals surface area contributed by atoms with Crippen molar-refractivity contribution < 1.29 is 9.53 Å². The zero-order valence-corrected chi connectivity index (χ0v) is 12.5. The summed E-state index contributed by atoms with van der Waals surface area (Å²) in [6.07, 6.45) is 1.80. The van der Waals surface area contributed by atoms with Gasteiger partial charge in [-0.2, -0.15) is 0 Å². The second-order valence-electron chi connectivity index (χ2n) is 4.93. The maximum absolute atomic E-state index is 12.1. The van der Waals surface area contributed by atoms with Crippen LogP contribution in [0.5, 0.6) is 5.75 Å². The van der Waals surface area contributed by atoms with E-state index in [2.05, 4.69) is 13.8 Å². The number of amides is 1. The first kappa shape index (κ1) is 15.5. The molecule has 0 heterocycles. The van der Waals surface area contributed by atoms with Gasteiger partial charge in [0.25, 0.3) is 0 Å². The number of aryl methyl sites for hydroxylation is 1. The highest BCUT2D eigenvalue weighted by Crippen LogP contribution is 2.13. The molecule has 1 rings (SSSR count). The minimum absolute atomic E-state index is 0.143. The number of benzene rings is 1. The van der Waals surface area contributed by atoms with Gasteiger partial charge in [-0.1, -0.05) is 31.5 Å². The molecule has 1 amide bonds. The first-order valence-electron chi connectivity index (χ1n) is 7.02. The van der Waals surface area contributed by atoms with E-state index in [0.29, 0.717) is 13.2 Å². The summed E-state index contributed by atoms with van der Waals surface area (Å²) in [6, 6.07) is 7.96. The van der Waals surface area contributed by atoms with Crippen LogP contribution in [0.4, 0.5) is 0 Å². The molecule has 3 nitrogen and oxygen atoms in total. The highest BCUT2D eigenvalue weighted by molar-refractivity contribution is 5.78. The summed E-state index contributed by atoms with van der Waals surface area (Å²) >= 11 is 0. The van der Waals surface area contributed by atoms with Gasteiger partial charge in [0.2, 0.25) is 5.91 Å². The molecule has 0 saturated carbocycles. The molecule has 0 spiro atoms. The zero-order valence-electron chi connectivity index (χ0n) is 12.5. The Morgan fingerprint density at radius 2 is 1.79 bits per heavy atom. The predicted octanol–water partition coefficient (Wildman–Crippen LogP) is 3.27. The molecule has 3 heteroatoms. The van der Waals surface area contributed by atoms with E-state index < -0.39 is 0 Å². The van der Waals surface area contributed by atoms with Gasteiger partial charge in [0.15, 0.2) is 0 Å². The van der Waals surface area contributed by atoms with E-state index in [1.54, 1.807) is 4.90 Å². The van der Waals surface area contributed by atoms with Gasteiger partial charge in [-0.15, -0.1) is 0 Å². The molecule has 0 aliphatic rings. The van der Waals surface area contributed by atoms with Crippen molar-refractivity contribution in [3.63, 3.8) is 0 Å². The van der Waals surface area contributed by atoms with Crippen molar-refractivity contribution in [1.82, 2.24) is 4.90 Å². The molecule has 106 valence electrons. The molecule has 0 atom stereocenters. The number of ether oxygens (including phenoxy) is 1. The Bertz CT molecular complexity index is 382. The maximum atomic E-state index is 12.1. The Balaban J connectivity index is 2.36. The van der Waals surface area contributed by atoms with Crippen molar-refractivity contribution in [3.05, 3.63) is 29.8 Å². The van der Waals surface area contributed by atoms with Gasteiger partial charge in [-0.3, -0.25) is 4.79 Å². The Labute approximate surface area is 116 Å². The molecule has 1 aromatic carbocycles. The summed E-state index contributed by atoms with van der Waals surface area (Å²) in [4.78, 5) is 13.8. The third-order valence-corrected chi connectivity index (χ3v) is 3.43. The summed E-state index contributed by atoms with van der Waals surface area (Å²) in [6.45, 7) is 7.33. The number of rotatable bonds is 7. The first-order chi connectivity index (χ1) is 9.08. The number of hydrogen-bond acceptors (Lipinski definition) is 2. The molecular weight excluding hydrogens is 238 g/mol. The molecular formula is C16H25NO2. The lowest BCUT2D eigenvalue weighted by molar-refractivity contribution is -0.134. The van der Waals surface area contributed by atoms with Crippen LogP contribution < -0.4 is 4.74 Å². The van der Waals surface area contributed by atoms with Crippen molar-refractivity contribution in [2.24, 2.45) is 5.92 Å². The number of carbonyl (C=O) groups excluding carboxylic acids is 1. The molecule has 19 heavy (non-hydrogen) atoms. The van der Waals surface area contributed by atoms with Crippen LogP contribution in [0.1, 0.15) is 32.3 Å². The molecule has 0 fully saturated rings. The molecule has 0 aliphatic carbocycles. The van der Waals surface area contributed by atoms with Crippen molar-refractivity contribution in [1.29, 1.82) is 0 Å². The van der Waals surface area contributed by atoms with E-state index in [1.807, 2.05) is 38.2 Å². The van der Waals surface area contributed by atoms with E-state index in [1.165, 1.54) is 5.56 Å². The second kappa shape index (κ2) is 7.82. The third-order valence-electron chi connectivity index (χ3n) is 3.43. The van der Waals surface area contributed by atoms with E-state index in [9.17, 15) is 4.79 Å². The van der Waals surface area contributed by atoms with Crippen LogP contribution in [-0.4, -0.2) is 31.0 Å². The van der Waals surface area contributed by atoms with Gasteiger partial charge >= 0.3 is 0 Å². The van der Waals surface area contributed by atoms with E-state index in [0.717, 1.165) is 18.6 Å². The molecule has 0 aliphatic heterocycles. The van der Waals surface area contributed by atoms with Crippen LogP contribution >= 0.6 is 0 Å². The monoisotopic (exact) mass is 263 g/mol. The lowest BCUT2D eigenvalue weighted by Gasteiger charge is -2.22. The van der Waals surface area contributed by atoms with Crippen LogP contribution in [0.3, 0.4) is 0 Å². The van der Waals surface area contributed by atoms with Crippen molar-refractivity contribution in [2.75, 3.05) is 20.2 Å². The minimum Gasteiger partial charge on any atom is -0.492 e. The van der Waals surface area contributed by atoms with E-state index in [-0.39, 0.29) is 11.8 Å². The zero-order chi connectivity index (χ0) is 14.3. The molecule has 0 aromatic heterocycles. The number of likely N-dealkylation sites (N-methyl/N-ethyl adjacent to an activating group) is 1. The van der Waals surface area contributed by atoms with Gasteiger partial charge in [0.05, 0.1) is 6.54 Å². The summed E-state index contributed by atoms with van der Waals surface area (Å²) in [5.74, 6) is 1.22. The second-order valence-corrected chi connectivity index (χ2v) is 4.93. The lowest BCUT2D eigenvalue weighted by Crippen LogP contribution is -2.35. The van der Waals surface area contributed by atoms with Crippen molar-refractivity contribution in [2.45, 2.75) is 33.6 Å². The van der Waals surface area contributed by atoms with Crippen molar-refractivity contribution >= 4 is 5.91 Å². The summed E-state index contributed by atoms with van der Waals surface area (Å²) < 4.78 is 5.63. The highest BCUT2D eigenvalue weighted by atomic mass is 16.5. The molecule has 1 aromatic rings. The SMILES string of the molecule is CCC(CC)C(=O)N(C)CCOc1ccc(C)cc1. The highest BCUT2D eigenvalue weighted by Gasteiger charge is 2.18. The summed E-state index contributed by atoms with van der Waals surface area (Å²) in [7, 11) is 1.85. The molecule has 0 radical (unpaired) electrons. The van der Waals surface area contributed by atoms with Gasteiger partial charge in [0.1, 0.15) is 12.4 Å². The Hall–Kier alpha value is -1.51. The van der Waals surface area contributed by atoms with Gasteiger partial charge < -0.3 is 9.64 Å². The standard InChI is InChI=1S/C16H25NO2/c1-5-14(6-2)16(18)17(4)11-12-19-15-9-7-13(3)8-10-15/h7-10,14H,5-6,11-12H2,1-4H3. The minimum atomic E-state index is 0.143. The average Bonchev–Trinajstić information content (AvgIpc) is 2.42. The Morgan fingerprint density at radius 3 is 2.32 bits per heavy atom. The molecule has 0 bridgehead atoms. The fourth-order valence-electron chi connectivity index (χ4n) is 1.99. The predicted molar refractivity (Wildman–Crippen MR) is 78.4 cm³/mol. The summed E-state index contributed by atoms with van der Waals surface area (Å²) in [5, 5.41) is 0. The Kier molecular flexibility index (Phi) is 6.40. The molecule has 0 saturated heterocycles. The van der Waals surface area contributed by atoms with Gasteiger partial charge in [-0.05, 0) is 31.9 Å². The third kappa shape index (κ3) is 4.93. The topological polar surface area (TPSA) is 29.5 Å². The molecule has 0 N–H and O–H groups in total. The quantitative estimate of drug-likeness (QED) is 0.755. The average molecular weight is 263 g/mol. The van der Waals surface area contributed by atoms with Crippen LogP contribution in [0, 0.1) is 12.8 Å². The fraction of sp³-hybridized carbons (Fsp3) is 0.562. The Morgan fingerprint density at radius 1 is 1.21 bits per heavy atom. The van der Waals surface area contributed by atoms with Crippen molar-refractivity contribution in [3.8, 4) is 5.75 Å². The van der Waals surface area contributed by atoms with E-state index in [4.69, 9.17) is 4.74 Å². The van der Waals surface area contributed by atoms with Gasteiger partial charge in [0, 0.05) is 13.0 Å². The normalized spacial score (nSPS) is 10.6. The van der Waals surface area contributed by atoms with Crippen LogP contribution in [0.15, 0.2) is 24.3 Å².